The smallest absolute Gasteiger partial charge is 0.322 e. The van der Waals surface area contributed by atoms with E-state index in [1.165, 1.54) is 0 Å². The second-order valence-electron chi connectivity index (χ2n) is 3.13. The van der Waals surface area contributed by atoms with Gasteiger partial charge in [-0.3, -0.25) is 4.79 Å². The lowest BCUT2D eigenvalue weighted by Crippen LogP contribution is -2.36. The van der Waals surface area contributed by atoms with Gasteiger partial charge in [0.2, 0.25) is 0 Å². The molecule has 0 spiro atoms. The molecule has 6 heteroatoms. The van der Waals surface area contributed by atoms with E-state index >= 15 is 0 Å². The van der Waals surface area contributed by atoms with E-state index in [0.717, 1.165) is 0 Å². The molecule has 0 saturated heterocycles. The molecule has 0 aliphatic rings. The summed E-state index contributed by atoms with van der Waals surface area (Å²) in [4.78, 5) is 10.5. The Morgan fingerprint density at radius 1 is 1.69 bits per heavy atom. The van der Waals surface area contributed by atoms with Crippen LogP contribution in [-0.4, -0.2) is 23.7 Å². The van der Waals surface area contributed by atoms with Gasteiger partial charge in [-0.05, 0) is 34.1 Å². The number of benzene rings is 1. The van der Waals surface area contributed by atoms with Crippen LogP contribution >= 0.6 is 15.9 Å². The molecule has 0 fully saturated rings. The number of carbonyl (C=O) groups is 1. The van der Waals surface area contributed by atoms with E-state index in [-0.39, 0.29) is 6.54 Å². The fraction of sp³-hybridized carbons (Fsp3) is 0.200. The highest BCUT2D eigenvalue weighted by Crippen LogP contribution is 2.23. The van der Waals surface area contributed by atoms with Gasteiger partial charge in [0.15, 0.2) is 0 Å². The molecule has 1 rings (SSSR count). The maximum absolute atomic E-state index is 10.5. The molecule has 4 N–H and O–H groups in total. The molecule has 0 amide bonds. The Morgan fingerprint density at radius 2 is 2.38 bits per heavy atom. The first kappa shape index (κ1) is 12.5. The van der Waals surface area contributed by atoms with Crippen molar-refractivity contribution < 1.29 is 9.90 Å². The van der Waals surface area contributed by atoms with Gasteiger partial charge in [0, 0.05) is 16.7 Å². The van der Waals surface area contributed by atoms with E-state index in [0.29, 0.717) is 15.7 Å². The van der Waals surface area contributed by atoms with Crippen LogP contribution in [-0.2, 0) is 4.79 Å². The number of nitrogens with zero attached hydrogens (tertiary/aromatic N) is 1. The monoisotopic (exact) mass is 283 g/mol. The van der Waals surface area contributed by atoms with Crippen LogP contribution in [0.5, 0.6) is 0 Å². The van der Waals surface area contributed by atoms with Crippen molar-refractivity contribution in [1.82, 2.24) is 0 Å². The van der Waals surface area contributed by atoms with Crippen molar-refractivity contribution in [3.8, 4) is 6.07 Å². The third-order valence-corrected chi connectivity index (χ3v) is 2.58. The number of halogens is 1. The molecule has 0 aliphatic carbocycles. The number of anilines is 1. The summed E-state index contributed by atoms with van der Waals surface area (Å²) < 4.78 is 0.698. The number of carboxylic acids is 1. The van der Waals surface area contributed by atoms with Crippen LogP contribution in [0.1, 0.15) is 5.56 Å². The molecule has 5 nitrogen and oxygen atoms in total. The summed E-state index contributed by atoms with van der Waals surface area (Å²) in [6.07, 6.45) is 0. The minimum atomic E-state index is -1.06. The summed E-state index contributed by atoms with van der Waals surface area (Å²) in [7, 11) is 0. The van der Waals surface area contributed by atoms with Crippen molar-refractivity contribution in [2.75, 3.05) is 11.9 Å². The fourth-order valence-electron chi connectivity index (χ4n) is 1.04. The molecule has 0 radical (unpaired) electrons. The maximum atomic E-state index is 10.5. The van der Waals surface area contributed by atoms with Gasteiger partial charge in [-0.25, -0.2) is 0 Å². The summed E-state index contributed by atoms with van der Waals surface area (Å²) in [5, 5.41) is 20.1. The standard InChI is InChI=1S/C10H10BrN3O2/c11-7-3-6(4-12)1-2-9(7)14-5-8(13)10(15)16/h1-3,8,14H,5,13H2,(H,15,16). The third-order valence-electron chi connectivity index (χ3n) is 1.93. The van der Waals surface area contributed by atoms with Gasteiger partial charge in [-0.2, -0.15) is 5.26 Å². The molecular formula is C10H10BrN3O2. The van der Waals surface area contributed by atoms with Crippen LogP contribution in [0.4, 0.5) is 5.69 Å². The Labute approximate surface area is 101 Å². The average Bonchev–Trinajstić information content (AvgIpc) is 2.26. The van der Waals surface area contributed by atoms with Crippen molar-refractivity contribution in [3.63, 3.8) is 0 Å². The number of nitrogens with two attached hydrogens (primary N) is 1. The first-order valence-corrected chi connectivity index (χ1v) is 5.26. The Bertz CT molecular complexity index is 442. The number of hydrogen-bond donors (Lipinski definition) is 3. The largest absolute Gasteiger partial charge is 0.480 e. The first-order chi connectivity index (χ1) is 7.54. The van der Waals surface area contributed by atoms with Gasteiger partial charge in [0.25, 0.3) is 0 Å². The van der Waals surface area contributed by atoms with Gasteiger partial charge < -0.3 is 16.2 Å². The van der Waals surface area contributed by atoms with Crippen LogP contribution in [0.3, 0.4) is 0 Å². The molecule has 84 valence electrons. The Hall–Kier alpha value is -1.58. The molecule has 1 unspecified atom stereocenters. The topological polar surface area (TPSA) is 99.1 Å². The van der Waals surface area contributed by atoms with E-state index in [1.54, 1.807) is 18.2 Å². The normalized spacial score (nSPS) is 11.6. The first-order valence-electron chi connectivity index (χ1n) is 4.46. The van der Waals surface area contributed by atoms with Crippen LogP contribution in [0.25, 0.3) is 0 Å². The molecule has 0 bridgehead atoms. The molecule has 0 aliphatic heterocycles. The van der Waals surface area contributed by atoms with E-state index in [1.807, 2.05) is 6.07 Å². The predicted molar refractivity (Wildman–Crippen MR) is 63.0 cm³/mol. The van der Waals surface area contributed by atoms with Crippen molar-refractivity contribution in [2.45, 2.75) is 6.04 Å². The van der Waals surface area contributed by atoms with Crippen LogP contribution < -0.4 is 11.1 Å². The lowest BCUT2D eigenvalue weighted by atomic mass is 10.2. The SMILES string of the molecule is N#Cc1ccc(NCC(N)C(=O)O)c(Br)c1. The van der Waals surface area contributed by atoms with Gasteiger partial charge in [-0.15, -0.1) is 0 Å². The molecule has 0 saturated carbocycles. The van der Waals surface area contributed by atoms with Crippen molar-refractivity contribution in [2.24, 2.45) is 5.73 Å². The maximum Gasteiger partial charge on any atom is 0.322 e. The Kier molecular flexibility index (Phi) is 4.28. The lowest BCUT2D eigenvalue weighted by Gasteiger charge is -2.11. The second-order valence-corrected chi connectivity index (χ2v) is 3.99. The second kappa shape index (κ2) is 5.49. The quantitative estimate of drug-likeness (QED) is 0.770. The van der Waals surface area contributed by atoms with Gasteiger partial charge in [0.05, 0.1) is 11.6 Å². The van der Waals surface area contributed by atoms with E-state index in [2.05, 4.69) is 21.2 Å². The van der Waals surface area contributed by atoms with Gasteiger partial charge in [0.1, 0.15) is 6.04 Å². The molecule has 1 aromatic carbocycles. The minimum absolute atomic E-state index is 0.125. The Morgan fingerprint density at radius 3 is 2.88 bits per heavy atom. The van der Waals surface area contributed by atoms with Crippen molar-refractivity contribution in [3.05, 3.63) is 28.2 Å². The van der Waals surface area contributed by atoms with Crippen LogP contribution in [0.2, 0.25) is 0 Å². The fourth-order valence-corrected chi connectivity index (χ4v) is 1.55. The van der Waals surface area contributed by atoms with Crippen LogP contribution in [0, 0.1) is 11.3 Å². The summed E-state index contributed by atoms with van der Waals surface area (Å²) in [6.45, 7) is 0.125. The molecular weight excluding hydrogens is 274 g/mol. The number of aliphatic carboxylic acids is 1. The van der Waals surface area contributed by atoms with Crippen molar-refractivity contribution >= 4 is 27.6 Å². The lowest BCUT2D eigenvalue weighted by molar-refractivity contribution is -0.138. The highest BCUT2D eigenvalue weighted by molar-refractivity contribution is 9.10. The zero-order valence-corrected chi connectivity index (χ0v) is 9.86. The van der Waals surface area contributed by atoms with Gasteiger partial charge >= 0.3 is 5.97 Å². The van der Waals surface area contributed by atoms with E-state index in [4.69, 9.17) is 16.1 Å². The van der Waals surface area contributed by atoms with E-state index < -0.39 is 12.0 Å². The average molecular weight is 284 g/mol. The molecule has 0 aromatic heterocycles. The zero-order valence-electron chi connectivity index (χ0n) is 8.27. The minimum Gasteiger partial charge on any atom is -0.480 e. The molecule has 0 heterocycles. The van der Waals surface area contributed by atoms with E-state index in [9.17, 15) is 4.79 Å². The zero-order chi connectivity index (χ0) is 12.1. The third kappa shape index (κ3) is 3.22. The predicted octanol–water partition coefficient (Wildman–Crippen LogP) is 1.14. The summed E-state index contributed by atoms with van der Waals surface area (Å²) in [5.41, 5.74) is 6.57. The summed E-state index contributed by atoms with van der Waals surface area (Å²) in [5.74, 6) is -1.06. The van der Waals surface area contributed by atoms with Crippen molar-refractivity contribution in [1.29, 1.82) is 5.26 Å². The Balaban J connectivity index is 2.69. The number of nitrogens with one attached hydrogen (secondary N) is 1. The highest BCUT2D eigenvalue weighted by atomic mass is 79.9. The van der Waals surface area contributed by atoms with Crippen LogP contribution in [0.15, 0.2) is 22.7 Å². The number of nitriles is 1. The molecule has 1 atom stereocenters. The van der Waals surface area contributed by atoms with Gasteiger partial charge in [-0.1, -0.05) is 0 Å². The number of carboxylic acid groups (broad SMARTS) is 1. The molecule has 16 heavy (non-hydrogen) atoms. The highest BCUT2D eigenvalue weighted by Gasteiger charge is 2.11. The summed E-state index contributed by atoms with van der Waals surface area (Å²) in [6, 6.07) is 6.02. The number of rotatable bonds is 4. The summed E-state index contributed by atoms with van der Waals surface area (Å²) >= 11 is 3.27. The molecule has 1 aromatic rings. The number of hydrogen-bond acceptors (Lipinski definition) is 4.